The van der Waals surface area contributed by atoms with Gasteiger partial charge in [0.2, 0.25) is 5.91 Å². The molecule has 0 spiro atoms. The highest BCUT2D eigenvalue weighted by atomic mass is 19.1. The van der Waals surface area contributed by atoms with E-state index in [9.17, 15) is 14.0 Å². The quantitative estimate of drug-likeness (QED) is 0.693. The molecular weight excluding hydrogens is 385 g/mol. The molecule has 0 heterocycles. The third kappa shape index (κ3) is 7.15. The molecule has 0 saturated heterocycles. The molecule has 162 valence electrons. The van der Waals surface area contributed by atoms with E-state index in [-0.39, 0.29) is 30.7 Å². The Morgan fingerprint density at radius 2 is 1.80 bits per heavy atom. The van der Waals surface area contributed by atoms with E-state index < -0.39 is 5.54 Å². The molecule has 2 amide bonds. The number of anilines is 1. The van der Waals surface area contributed by atoms with Crippen molar-refractivity contribution in [3.63, 3.8) is 0 Å². The molecule has 0 bridgehead atoms. The second kappa shape index (κ2) is 10.2. The highest BCUT2D eigenvalue weighted by molar-refractivity contribution is 5.94. The zero-order valence-corrected chi connectivity index (χ0v) is 18.3. The number of likely N-dealkylation sites (N-methyl/N-ethyl adjacent to an activating group) is 1. The lowest BCUT2D eigenvalue weighted by molar-refractivity contribution is -0.885. The number of nitrogens with zero attached hydrogens (tertiary/aromatic N) is 1. The fourth-order valence-corrected chi connectivity index (χ4v) is 3.12. The van der Waals surface area contributed by atoms with Gasteiger partial charge in [-0.25, -0.2) is 4.39 Å². The summed E-state index contributed by atoms with van der Waals surface area (Å²) in [6, 6.07) is 13.3. The van der Waals surface area contributed by atoms with Gasteiger partial charge in [-0.05, 0) is 57.2 Å². The summed E-state index contributed by atoms with van der Waals surface area (Å²) in [4.78, 5) is 28.1. The Labute approximate surface area is 177 Å². The first kappa shape index (κ1) is 23.3. The van der Waals surface area contributed by atoms with Crippen LogP contribution in [0, 0.1) is 5.82 Å². The monoisotopic (exact) mass is 416 g/mol. The lowest BCUT2D eigenvalue weighted by Crippen LogP contribution is -3.09. The number of benzene rings is 2. The molecule has 7 heteroatoms. The van der Waals surface area contributed by atoms with E-state index >= 15 is 0 Å². The van der Waals surface area contributed by atoms with Crippen LogP contribution in [0.2, 0.25) is 0 Å². The summed E-state index contributed by atoms with van der Waals surface area (Å²) in [7, 11) is 3.56. The van der Waals surface area contributed by atoms with E-state index in [1.807, 2.05) is 52.1 Å². The molecule has 0 aromatic heterocycles. The van der Waals surface area contributed by atoms with Crippen LogP contribution in [-0.2, 0) is 16.1 Å². The van der Waals surface area contributed by atoms with E-state index in [1.54, 1.807) is 12.0 Å². The molecule has 0 aliphatic rings. The largest absolute Gasteiger partial charge is 0.497 e. The van der Waals surface area contributed by atoms with Gasteiger partial charge in [-0.2, -0.15) is 0 Å². The normalized spacial score (nSPS) is 12.2. The molecule has 0 radical (unpaired) electrons. The molecule has 2 N–H and O–H groups in total. The smallest absolute Gasteiger partial charge is 0.278 e. The molecule has 2 rings (SSSR count). The lowest BCUT2D eigenvalue weighted by Gasteiger charge is -2.35. The molecule has 6 nitrogen and oxygen atoms in total. The third-order valence-electron chi connectivity index (χ3n) is 4.63. The van der Waals surface area contributed by atoms with Gasteiger partial charge in [-0.1, -0.05) is 12.1 Å². The summed E-state index contributed by atoms with van der Waals surface area (Å²) in [5.41, 5.74) is 1.03. The minimum Gasteiger partial charge on any atom is -0.497 e. The Hall–Kier alpha value is -2.93. The Balaban J connectivity index is 2.00. The van der Waals surface area contributed by atoms with Gasteiger partial charge in [0.15, 0.2) is 6.54 Å². The molecule has 1 unspecified atom stereocenters. The van der Waals surface area contributed by atoms with E-state index in [4.69, 9.17) is 4.74 Å². The van der Waals surface area contributed by atoms with Gasteiger partial charge in [-0.15, -0.1) is 0 Å². The minimum absolute atomic E-state index is 0.0772. The van der Waals surface area contributed by atoms with Crippen molar-refractivity contribution in [2.45, 2.75) is 32.9 Å². The number of amides is 2. The summed E-state index contributed by atoms with van der Waals surface area (Å²) in [6.07, 6.45) is 0. The predicted molar refractivity (Wildman–Crippen MR) is 115 cm³/mol. The Morgan fingerprint density at radius 3 is 2.40 bits per heavy atom. The van der Waals surface area contributed by atoms with E-state index in [1.165, 1.54) is 24.3 Å². The molecule has 1 atom stereocenters. The maximum Gasteiger partial charge on any atom is 0.278 e. The van der Waals surface area contributed by atoms with E-state index in [0.29, 0.717) is 12.2 Å². The van der Waals surface area contributed by atoms with Gasteiger partial charge < -0.3 is 19.9 Å². The predicted octanol–water partition coefficient (Wildman–Crippen LogP) is 2.11. The minimum atomic E-state index is -0.520. The fourth-order valence-electron chi connectivity index (χ4n) is 3.12. The lowest BCUT2D eigenvalue weighted by atomic mass is 10.1. The first-order chi connectivity index (χ1) is 14.1. The zero-order valence-electron chi connectivity index (χ0n) is 18.3. The van der Waals surface area contributed by atoms with Gasteiger partial charge >= 0.3 is 0 Å². The highest BCUT2D eigenvalue weighted by Crippen LogP contribution is 2.15. The summed E-state index contributed by atoms with van der Waals surface area (Å²) in [5.74, 6) is -0.0329. The van der Waals surface area contributed by atoms with E-state index in [2.05, 4.69) is 5.32 Å². The number of carbonyl (C=O) groups is 2. The number of carbonyl (C=O) groups excluding carboxylic acids is 2. The van der Waals surface area contributed by atoms with Crippen molar-refractivity contribution in [1.29, 1.82) is 0 Å². The van der Waals surface area contributed by atoms with Crippen LogP contribution in [0.3, 0.4) is 0 Å². The molecule has 30 heavy (non-hydrogen) atoms. The molecule has 0 fully saturated rings. The summed E-state index contributed by atoms with van der Waals surface area (Å²) < 4.78 is 18.3. The Morgan fingerprint density at radius 1 is 1.13 bits per heavy atom. The average molecular weight is 417 g/mol. The number of hydrogen-bond acceptors (Lipinski definition) is 3. The summed E-state index contributed by atoms with van der Waals surface area (Å²) in [6.45, 7) is 6.52. The third-order valence-corrected chi connectivity index (χ3v) is 4.63. The molecule has 2 aromatic carbocycles. The van der Waals surface area contributed by atoms with Crippen LogP contribution in [0.4, 0.5) is 10.1 Å². The van der Waals surface area contributed by atoms with Gasteiger partial charge in [0.25, 0.3) is 5.91 Å². The van der Waals surface area contributed by atoms with Gasteiger partial charge in [0, 0.05) is 16.8 Å². The van der Waals surface area contributed by atoms with Crippen LogP contribution in [0.15, 0.2) is 48.5 Å². The second-order valence-corrected chi connectivity index (χ2v) is 8.37. The van der Waals surface area contributed by atoms with Crippen molar-refractivity contribution in [2.75, 3.05) is 32.6 Å². The topological polar surface area (TPSA) is 63.1 Å². The van der Waals surface area contributed by atoms with Crippen molar-refractivity contribution in [2.24, 2.45) is 0 Å². The van der Waals surface area contributed by atoms with Crippen LogP contribution < -0.4 is 15.0 Å². The Bertz CT molecular complexity index is 863. The second-order valence-electron chi connectivity index (χ2n) is 8.37. The van der Waals surface area contributed by atoms with Crippen LogP contribution in [-0.4, -0.2) is 49.5 Å². The van der Waals surface area contributed by atoms with Crippen molar-refractivity contribution >= 4 is 17.5 Å². The Kier molecular flexibility index (Phi) is 7.94. The number of rotatable bonds is 8. The average Bonchev–Trinajstić information content (AvgIpc) is 2.67. The van der Waals surface area contributed by atoms with Crippen molar-refractivity contribution < 1.29 is 23.6 Å². The molecule has 0 aliphatic heterocycles. The maximum atomic E-state index is 13.0. The summed E-state index contributed by atoms with van der Waals surface area (Å²) in [5, 5.41) is 2.71. The molecule has 0 saturated carbocycles. The number of nitrogens with one attached hydrogen (secondary N) is 2. The van der Waals surface area contributed by atoms with Crippen LogP contribution in [0.1, 0.15) is 26.3 Å². The van der Waals surface area contributed by atoms with Crippen molar-refractivity contribution in [1.82, 2.24) is 4.90 Å². The summed E-state index contributed by atoms with van der Waals surface area (Å²) >= 11 is 0. The van der Waals surface area contributed by atoms with Gasteiger partial charge in [0.1, 0.15) is 24.7 Å². The number of methoxy groups -OCH3 is 1. The molecule has 2 aromatic rings. The number of halogens is 1. The number of ether oxygens (including phenoxy) is 1. The van der Waals surface area contributed by atoms with Crippen LogP contribution in [0.25, 0.3) is 0 Å². The van der Waals surface area contributed by atoms with Crippen molar-refractivity contribution in [3.8, 4) is 5.75 Å². The SMILES string of the molecule is COc1cccc(C[NH+](C)CC(=O)N(CC(=O)Nc2ccc(F)cc2)C(C)(C)C)c1. The molecular formula is C23H31FN3O3+. The van der Waals surface area contributed by atoms with Crippen molar-refractivity contribution in [3.05, 3.63) is 59.9 Å². The standard InChI is InChI=1S/C23H30FN3O3/c1-23(2,3)27(15-21(28)25-19-11-9-18(24)10-12-19)22(29)16-26(4)14-17-7-6-8-20(13-17)30-5/h6-13H,14-16H2,1-5H3,(H,25,28)/p+1. The number of quaternary nitrogens is 1. The van der Waals surface area contributed by atoms with E-state index in [0.717, 1.165) is 16.2 Å². The number of hydrogen-bond donors (Lipinski definition) is 2. The first-order valence-corrected chi connectivity index (χ1v) is 9.88. The first-order valence-electron chi connectivity index (χ1n) is 9.88. The van der Waals surface area contributed by atoms with Crippen LogP contribution in [0.5, 0.6) is 5.75 Å². The van der Waals surface area contributed by atoms with Gasteiger partial charge in [-0.3, -0.25) is 9.59 Å². The van der Waals surface area contributed by atoms with Gasteiger partial charge in [0.05, 0.1) is 14.2 Å². The molecule has 0 aliphatic carbocycles. The zero-order chi connectivity index (χ0) is 22.3. The highest BCUT2D eigenvalue weighted by Gasteiger charge is 2.30. The maximum absolute atomic E-state index is 13.0. The fraction of sp³-hybridized carbons (Fsp3) is 0.391. The van der Waals surface area contributed by atoms with Crippen LogP contribution >= 0.6 is 0 Å².